The van der Waals surface area contributed by atoms with Crippen molar-refractivity contribution < 1.29 is 19.1 Å². The number of carbonyl (C=O) groups excluding carboxylic acids is 3. The number of benzene rings is 1. The third-order valence-corrected chi connectivity index (χ3v) is 3.61. The summed E-state index contributed by atoms with van der Waals surface area (Å²) in [5, 5.41) is 5.62. The fraction of sp³-hybridized carbons (Fsp3) is 0.357. The Hall–Kier alpha value is -2.08. The van der Waals surface area contributed by atoms with Crippen LogP contribution in [0.1, 0.15) is 23.2 Å². The molecule has 0 saturated carbocycles. The first kappa shape index (κ1) is 15.3. The molecule has 0 radical (unpaired) electrons. The number of hydrogen-bond acceptors (Lipinski definition) is 4. The molecule has 2 amide bonds. The Morgan fingerprint density at radius 1 is 1.43 bits per heavy atom. The second-order valence-corrected chi connectivity index (χ2v) is 5.12. The van der Waals surface area contributed by atoms with Gasteiger partial charge in [0.05, 0.1) is 23.6 Å². The molecule has 1 unspecified atom stereocenters. The van der Waals surface area contributed by atoms with E-state index in [0.717, 1.165) is 0 Å². The van der Waals surface area contributed by atoms with E-state index in [4.69, 9.17) is 11.6 Å². The van der Waals surface area contributed by atoms with Gasteiger partial charge in [-0.1, -0.05) is 11.6 Å². The van der Waals surface area contributed by atoms with Crippen molar-refractivity contribution in [1.82, 2.24) is 5.32 Å². The zero-order valence-corrected chi connectivity index (χ0v) is 12.2. The SMILES string of the molecule is COC(=O)c1cc(NC(=O)C2CCC(=O)NC2)ccc1Cl. The zero-order chi connectivity index (χ0) is 15.4. The molecule has 1 aliphatic heterocycles. The number of anilines is 1. The first-order valence-electron chi connectivity index (χ1n) is 6.46. The summed E-state index contributed by atoms with van der Waals surface area (Å²) >= 11 is 5.91. The molecule has 0 aliphatic carbocycles. The van der Waals surface area contributed by atoms with Gasteiger partial charge >= 0.3 is 5.97 Å². The van der Waals surface area contributed by atoms with E-state index in [0.29, 0.717) is 25.1 Å². The third-order valence-electron chi connectivity index (χ3n) is 3.28. The van der Waals surface area contributed by atoms with Crippen molar-refractivity contribution in [2.45, 2.75) is 12.8 Å². The zero-order valence-electron chi connectivity index (χ0n) is 11.4. The largest absolute Gasteiger partial charge is 0.465 e. The molecule has 0 aromatic heterocycles. The number of carbonyl (C=O) groups is 3. The molecule has 0 bridgehead atoms. The fourth-order valence-electron chi connectivity index (χ4n) is 2.07. The van der Waals surface area contributed by atoms with Crippen LogP contribution < -0.4 is 10.6 Å². The highest BCUT2D eigenvalue weighted by Crippen LogP contribution is 2.22. The van der Waals surface area contributed by atoms with Gasteiger partial charge in [-0.25, -0.2) is 4.79 Å². The molecule has 1 heterocycles. The van der Waals surface area contributed by atoms with E-state index in [1.165, 1.54) is 19.2 Å². The van der Waals surface area contributed by atoms with Crippen molar-refractivity contribution in [1.29, 1.82) is 0 Å². The molecule has 7 heteroatoms. The number of piperidine rings is 1. The third kappa shape index (κ3) is 3.72. The second kappa shape index (κ2) is 6.58. The highest BCUT2D eigenvalue weighted by molar-refractivity contribution is 6.33. The predicted octanol–water partition coefficient (Wildman–Crippen LogP) is 1.59. The van der Waals surface area contributed by atoms with E-state index in [1.54, 1.807) is 6.07 Å². The molecular formula is C14H15ClN2O4. The number of halogens is 1. The Labute approximate surface area is 126 Å². The Morgan fingerprint density at radius 3 is 2.81 bits per heavy atom. The summed E-state index contributed by atoms with van der Waals surface area (Å²) in [7, 11) is 1.26. The van der Waals surface area contributed by atoms with Crippen molar-refractivity contribution in [3.63, 3.8) is 0 Å². The summed E-state index contributed by atoms with van der Waals surface area (Å²) < 4.78 is 4.62. The van der Waals surface area contributed by atoms with Gasteiger partial charge in [0.15, 0.2) is 0 Å². The molecule has 1 aliphatic rings. The quantitative estimate of drug-likeness (QED) is 0.830. The first-order chi connectivity index (χ1) is 10.0. The molecule has 1 aromatic rings. The van der Waals surface area contributed by atoms with E-state index >= 15 is 0 Å². The molecule has 1 fully saturated rings. The van der Waals surface area contributed by atoms with Crippen LogP contribution in [0.15, 0.2) is 18.2 Å². The van der Waals surface area contributed by atoms with E-state index < -0.39 is 5.97 Å². The molecule has 21 heavy (non-hydrogen) atoms. The first-order valence-corrected chi connectivity index (χ1v) is 6.84. The summed E-state index contributed by atoms with van der Waals surface area (Å²) in [5.74, 6) is -1.09. The Bertz CT molecular complexity index is 578. The van der Waals surface area contributed by atoms with E-state index in [2.05, 4.69) is 15.4 Å². The molecular weight excluding hydrogens is 296 g/mol. The van der Waals surface area contributed by atoms with Gasteiger partial charge in [0.25, 0.3) is 0 Å². The summed E-state index contributed by atoms with van der Waals surface area (Å²) in [6.45, 7) is 0.322. The predicted molar refractivity (Wildman–Crippen MR) is 77.2 cm³/mol. The lowest BCUT2D eigenvalue weighted by Crippen LogP contribution is -2.40. The molecule has 2 rings (SSSR count). The van der Waals surface area contributed by atoms with Crippen LogP contribution in [0.5, 0.6) is 0 Å². The van der Waals surface area contributed by atoms with Crippen LogP contribution >= 0.6 is 11.6 Å². The Kier molecular flexibility index (Phi) is 4.80. The van der Waals surface area contributed by atoms with Crippen molar-refractivity contribution in [3.05, 3.63) is 28.8 Å². The molecule has 1 atom stereocenters. The van der Waals surface area contributed by atoms with Gasteiger partial charge in [-0.15, -0.1) is 0 Å². The maximum Gasteiger partial charge on any atom is 0.339 e. The monoisotopic (exact) mass is 310 g/mol. The maximum atomic E-state index is 12.1. The topological polar surface area (TPSA) is 84.5 Å². The number of methoxy groups -OCH3 is 1. The molecule has 2 N–H and O–H groups in total. The normalized spacial score (nSPS) is 17.8. The number of rotatable bonds is 3. The Balaban J connectivity index is 2.07. The fourth-order valence-corrected chi connectivity index (χ4v) is 2.27. The summed E-state index contributed by atoms with van der Waals surface area (Å²) in [5.41, 5.74) is 0.649. The van der Waals surface area contributed by atoms with Crippen LogP contribution in [0.2, 0.25) is 5.02 Å². The van der Waals surface area contributed by atoms with Crippen LogP contribution in [-0.2, 0) is 14.3 Å². The van der Waals surface area contributed by atoms with Crippen LogP contribution in [0.3, 0.4) is 0 Å². The Morgan fingerprint density at radius 2 is 2.19 bits per heavy atom. The number of ether oxygens (including phenoxy) is 1. The minimum absolute atomic E-state index is 0.0430. The van der Waals surface area contributed by atoms with Gasteiger partial charge in [-0.3, -0.25) is 9.59 Å². The molecule has 112 valence electrons. The number of esters is 1. The smallest absolute Gasteiger partial charge is 0.339 e. The molecule has 6 nitrogen and oxygen atoms in total. The van der Waals surface area contributed by atoms with Gasteiger partial charge in [0.1, 0.15) is 0 Å². The summed E-state index contributed by atoms with van der Waals surface area (Å²) in [6.07, 6.45) is 0.848. The maximum absolute atomic E-state index is 12.1. The van der Waals surface area contributed by atoms with Gasteiger partial charge in [0, 0.05) is 18.7 Å². The van der Waals surface area contributed by atoms with Crippen LogP contribution in [0.4, 0.5) is 5.69 Å². The van der Waals surface area contributed by atoms with Crippen molar-refractivity contribution >= 4 is 35.1 Å². The van der Waals surface area contributed by atoms with E-state index in [9.17, 15) is 14.4 Å². The number of hydrogen-bond donors (Lipinski definition) is 2. The van der Waals surface area contributed by atoms with E-state index in [1.807, 2.05) is 0 Å². The average molecular weight is 311 g/mol. The number of amides is 2. The summed E-state index contributed by atoms with van der Waals surface area (Å²) in [4.78, 5) is 34.7. The highest BCUT2D eigenvalue weighted by atomic mass is 35.5. The van der Waals surface area contributed by atoms with Crippen LogP contribution in [0, 0.1) is 5.92 Å². The van der Waals surface area contributed by atoms with Gasteiger partial charge in [0.2, 0.25) is 11.8 Å². The highest BCUT2D eigenvalue weighted by Gasteiger charge is 2.24. The molecule has 0 spiro atoms. The second-order valence-electron chi connectivity index (χ2n) is 4.72. The molecule has 1 aromatic carbocycles. The minimum atomic E-state index is -0.568. The summed E-state index contributed by atoms with van der Waals surface area (Å²) in [6, 6.07) is 4.59. The van der Waals surface area contributed by atoms with Crippen LogP contribution in [0.25, 0.3) is 0 Å². The lowest BCUT2D eigenvalue weighted by Gasteiger charge is -2.21. The number of nitrogens with one attached hydrogen (secondary N) is 2. The minimum Gasteiger partial charge on any atom is -0.465 e. The standard InChI is InChI=1S/C14H15ClN2O4/c1-21-14(20)10-6-9(3-4-11(10)15)17-13(19)8-2-5-12(18)16-7-8/h3-4,6,8H,2,5,7H2,1H3,(H,16,18)(H,17,19). The lowest BCUT2D eigenvalue weighted by molar-refractivity contribution is -0.126. The van der Waals surface area contributed by atoms with Crippen molar-refractivity contribution in [2.24, 2.45) is 5.92 Å². The van der Waals surface area contributed by atoms with Gasteiger partial charge < -0.3 is 15.4 Å². The van der Waals surface area contributed by atoms with Crippen molar-refractivity contribution in [3.8, 4) is 0 Å². The van der Waals surface area contributed by atoms with E-state index in [-0.39, 0.29) is 28.3 Å². The van der Waals surface area contributed by atoms with Crippen LogP contribution in [-0.4, -0.2) is 31.4 Å². The van der Waals surface area contributed by atoms with Crippen molar-refractivity contribution in [2.75, 3.05) is 19.0 Å². The van der Waals surface area contributed by atoms with Gasteiger partial charge in [-0.05, 0) is 24.6 Å². The lowest BCUT2D eigenvalue weighted by atomic mass is 9.98. The van der Waals surface area contributed by atoms with Gasteiger partial charge in [-0.2, -0.15) is 0 Å². The average Bonchev–Trinajstić information content (AvgIpc) is 2.49. The molecule has 1 saturated heterocycles.